The SMILES string of the molecule is c1ccc2c(c1)ccc1c3ccc(N(c4ccc5c(c4)oc4ccccc45)c4ccc5c(c4)sc4ccccc45)cc3sc21. The minimum atomic E-state index is 0.894. The van der Waals surface area contributed by atoms with E-state index < -0.39 is 0 Å². The van der Waals surface area contributed by atoms with Crippen LogP contribution in [-0.4, -0.2) is 0 Å². The molecule has 206 valence electrons. The molecule has 0 aliphatic rings. The van der Waals surface area contributed by atoms with Crippen LogP contribution in [-0.2, 0) is 0 Å². The number of nitrogens with zero attached hydrogens (tertiary/aromatic N) is 1. The Hall–Kier alpha value is -5.16. The van der Waals surface area contributed by atoms with Gasteiger partial charge in [-0.3, -0.25) is 0 Å². The molecule has 0 aliphatic carbocycles. The highest BCUT2D eigenvalue weighted by Crippen LogP contribution is 2.45. The minimum absolute atomic E-state index is 0.894. The maximum atomic E-state index is 6.35. The zero-order chi connectivity index (χ0) is 28.8. The fourth-order valence-electron chi connectivity index (χ4n) is 6.79. The van der Waals surface area contributed by atoms with Gasteiger partial charge in [-0.2, -0.15) is 0 Å². The van der Waals surface area contributed by atoms with Crippen LogP contribution in [0.3, 0.4) is 0 Å². The first-order chi connectivity index (χ1) is 21.8. The normalized spacial score (nSPS) is 12.1. The molecule has 0 fully saturated rings. The predicted octanol–water partition coefficient (Wildman–Crippen LogP) is 12.9. The summed E-state index contributed by atoms with van der Waals surface area (Å²) in [6.45, 7) is 0. The third-order valence-electron chi connectivity index (χ3n) is 8.85. The summed E-state index contributed by atoms with van der Waals surface area (Å²) < 4.78 is 11.6. The van der Waals surface area contributed by atoms with E-state index in [1.807, 2.05) is 34.8 Å². The highest BCUT2D eigenvalue weighted by Gasteiger charge is 2.18. The summed E-state index contributed by atoms with van der Waals surface area (Å²) in [5.41, 5.74) is 5.14. The molecule has 0 N–H and O–H groups in total. The van der Waals surface area contributed by atoms with E-state index in [0.717, 1.165) is 39.0 Å². The topological polar surface area (TPSA) is 16.4 Å². The van der Waals surface area contributed by atoms with E-state index in [4.69, 9.17) is 4.42 Å². The van der Waals surface area contributed by atoms with Crippen molar-refractivity contribution in [2.24, 2.45) is 0 Å². The van der Waals surface area contributed by atoms with Crippen molar-refractivity contribution in [1.29, 1.82) is 0 Å². The fourth-order valence-corrected chi connectivity index (χ4v) is 9.20. The van der Waals surface area contributed by atoms with Crippen molar-refractivity contribution in [2.75, 3.05) is 4.90 Å². The average Bonchev–Trinajstić information content (AvgIpc) is 3.75. The van der Waals surface area contributed by atoms with Crippen LogP contribution >= 0.6 is 22.7 Å². The standard InChI is InChI=1S/C40H23NOS2/c1-2-8-28-24(7-1)13-17-34-33-20-16-27(23-39(33)44-40(28)34)41(25-14-18-30-29-9-3-5-11-35(29)42-36(30)21-25)26-15-19-32-31-10-4-6-12-37(31)43-38(32)22-26/h1-23H. The summed E-state index contributed by atoms with van der Waals surface area (Å²) in [5.74, 6) is 0. The predicted molar refractivity (Wildman–Crippen MR) is 192 cm³/mol. The Morgan fingerprint density at radius 2 is 0.955 bits per heavy atom. The second-order valence-corrected chi connectivity index (χ2v) is 13.5. The molecular formula is C40H23NOS2. The van der Waals surface area contributed by atoms with Crippen molar-refractivity contribution in [3.63, 3.8) is 0 Å². The van der Waals surface area contributed by atoms with E-state index in [-0.39, 0.29) is 0 Å². The smallest absolute Gasteiger partial charge is 0.137 e. The summed E-state index contributed by atoms with van der Waals surface area (Å²) in [4.78, 5) is 2.37. The third kappa shape index (κ3) is 3.53. The van der Waals surface area contributed by atoms with Gasteiger partial charge in [0.25, 0.3) is 0 Å². The molecule has 0 unspecified atom stereocenters. The Morgan fingerprint density at radius 1 is 0.386 bits per heavy atom. The number of fused-ring (bicyclic) bond motifs is 11. The molecule has 0 saturated heterocycles. The van der Waals surface area contributed by atoms with Gasteiger partial charge in [-0.15, -0.1) is 22.7 Å². The molecule has 0 aliphatic heterocycles. The molecule has 0 saturated carbocycles. The molecule has 0 amide bonds. The van der Waals surface area contributed by atoms with Crippen LogP contribution in [0.1, 0.15) is 0 Å². The van der Waals surface area contributed by atoms with E-state index in [1.54, 1.807) is 0 Å². The van der Waals surface area contributed by atoms with Crippen LogP contribution in [0, 0.1) is 0 Å². The van der Waals surface area contributed by atoms with E-state index in [2.05, 4.69) is 132 Å². The van der Waals surface area contributed by atoms with Gasteiger partial charge < -0.3 is 9.32 Å². The summed E-state index contributed by atoms with van der Waals surface area (Å²) in [7, 11) is 0. The molecule has 44 heavy (non-hydrogen) atoms. The Balaban J connectivity index is 1.21. The third-order valence-corrected chi connectivity index (χ3v) is 11.2. The van der Waals surface area contributed by atoms with Gasteiger partial charge in [0, 0.05) is 74.2 Å². The summed E-state index contributed by atoms with van der Waals surface area (Å²) in [5, 5.41) is 10.1. The molecule has 4 heteroatoms. The van der Waals surface area contributed by atoms with Gasteiger partial charge in [0.05, 0.1) is 0 Å². The van der Waals surface area contributed by atoms with Gasteiger partial charge >= 0.3 is 0 Å². The molecule has 0 spiro atoms. The number of furan rings is 1. The quantitative estimate of drug-likeness (QED) is 0.201. The molecule has 0 bridgehead atoms. The van der Waals surface area contributed by atoms with Gasteiger partial charge in [-0.25, -0.2) is 0 Å². The molecule has 3 heterocycles. The van der Waals surface area contributed by atoms with Gasteiger partial charge in [0.2, 0.25) is 0 Å². The van der Waals surface area contributed by atoms with Crippen molar-refractivity contribution in [1.82, 2.24) is 0 Å². The summed E-state index contributed by atoms with van der Waals surface area (Å²) in [6.07, 6.45) is 0. The molecule has 10 aromatic rings. The monoisotopic (exact) mass is 597 g/mol. The van der Waals surface area contributed by atoms with Gasteiger partial charge in [0.1, 0.15) is 11.2 Å². The number of rotatable bonds is 3. The lowest BCUT2D eigenvalue weighted by atomic mass is 10.1. The number of para-hydroxylation sites is 1. The maximum Gasteiger partial charge on any atom is 0.137 e. The molecular weight excluding hydrogens is 575 g/mol. The number of benzene rings is 7. The number of thiophene rings is 2. The zero-order valence-corrected chi connectivity index (χ0v) is 25.1. The number of hydrogen-bond donors (Lipinski definition) is 0. The Bertz CT molecular complexity index is 2630. The molecule has 3 aromatic heterocycles. The van der Waals surface area contributed by atoms with Crippen molar-refractivity contribution < 1.29 is 4.42 Å². The molecule has 0 radical (unpaired) electrons. The van der Waals surface area contributed by atoms with Crippen molar-refractivity contribution in [3.05, 3.63) is 140 Å². The largest absolute Gasteiger partial charge is 0.456 e. The molecule has 7 aromatic carbocycles. The summed E-state index contributed by atoms with van der Waals surface area (Å²) >= 11 is 3.73. The second kappa shape index (κ2) is 9.17. The second-order valence-electron chi connectivity index (χ2n) is 11.3. The molecule has 0 atom stereocenters. The van der Waals surface area contributed by atoms with Crippen LogP contribution < -0.4 is 4.90 Å². The Morgan fingerprint density at radius 3 is 1.80 bits per heavy atom. The number of anilines is 3. The lowest BCUT2D eigenvalue weighted by molar-refractivity contribution is 0.669. The highest BCUT2D eigenvalue weighted by molar-refractivity contribution is 7.27. The minimum Gasteiger partial charge on any atom is -0.456 e. The van der Waals surface area contributed by atoms with Crippen molar-refractivity contribution in [3.8, 4) is 0 Å². The van der Waals surface area contributed by atoms with E-state index >= 15 is 0 Å². The van der Waals surface area contributed by atoms with Gasteiger partial charge in [0.15, 0.2) is 0 Å². The Kier molecular flexibility index (Phi) is 5.06. The first-order valence-corrected chi connectivity index (χ1v) is 16.4. The van der Waals surface area contributed by atoms with Crippen molar-refractivity contribution in [2.45, 2.75) is 0 Å². The van der Waals surface area contributed by atoms with Gasteiger partial charge in [-0.05, 0) is 59.3 Å². The number of hydrogen-bond acceptors (Lipinski definition) is 4. The van der Waals surface area contributed by atoms with E-state index in [0.29, 0.717) is 0 Å². The highest BCUT2D eigenvalue weighted by atomic mass is 32.1. The maximum absolute atomic E-state index is 6.35. The van der Waals surface area contributed by atoms with E-state index in [9.17, 15) is 0 Å². The van der Waals surface area contributed by atoms with Crippen LogP contribution in [0.5, 0.6) is 0 Å². The lowest BCUT2D eigenvalue weighted by Gasteiger charge is -2.25. The molecule has 10 rings (SSSR count). The van der Waals surface area contributed by atoms with E-state index in [1.165, 1.54) is 51.1 Å². The summed E-state index contributed by atoms with van der Waals surface area (Å²) in [6, 6.07) is 50.6. The first kappa shape index (κ1) is 24.3. The fraction of sp³-hybridized carbons (Fsp3) is 0. The molecule has 2 nitrogen and oxygen atoms in total. The van der Waals surface area contributed by atoms with Crippen molar-refractivity contribution >= 4 is 113 Å². The van der Waals surface area contributed by atoms with Crippen LogP contribution in [0.4, 0.5) is 17.1 Å². The lowest BCUT2D eigenvalue weighted by Crippen LogP contribution is -2.09. The Labute approximate surface area is 260 Å². The average molecular weight is 598 g/mol. The van der Waals surface area contributed by atoms with Crippen LogP contribution in [0.2, 0.25) is 0 Å². The van der Waals surface area contributed by atoms with Crippen LogP contribution in [0.25, 0.3) is 73.1 Å². The first-order valence-electron chi connectivity index (χ1n) is 14.8. The van der Waals surface area contributed by atoms with Crippen LogP contribution in [0.15, 0.2) is 144 Å². The zero-order valence-electron chi connectivity index (χ0n) is 23.5. The van der Waals surface area contributed by atoms with Gasteiger partial charge in [-0.1, -0.05) is 84.9 Å².